The molecule has 0 spiro atoms. The maximum atomic E-state index is 12.6. The van der Waals surface area contributed by atoms with Gasteiger partial charge in [0, 0.05) is 6.07 Å². The topological polar surface area (TPSA) is 84.3 Å². The number of hydrogen-bond acceptors (Lipinski definition) is 4. The Morgan fingerprint density at radius 2 is 2.29 bits per heavy atom. The molecule has 0 aliphatic carbocycles. The molecule has 1 amide bonds. The Bertz CT molecular complexity index is 551. The Morgan fingerprint density at radius 3 is 2.86 bits per heavy atom. The number of hydrogen-bond donors (Lipinski definition) is 2. The summed E-state index contributed by atoms with van der Waals surface area (Å²) in [6.07, 6.45) is 3.34. The van der Waals surface area contributed by atoms with Crippen molar-refractivity contribution in [3.63, 3.8) is 0 Å². The van der Waals surface area contributed by atoms with E-state index in [1.54, 1.807) is 12.1 Å². The number of amides is 1. The molecule has 1 aromatic rings. The van der Waals surface area contributed by atoms with E-state index in [1.807, 2.05) is 13.8 Å². The average molecular weight is 291 g/mol. The van der Waals surface area contributed by atoms with E-state index in [0.29, 0.717) is 0 Å². The molecule has 21 heavy (non-hydrogen) atoms. The molecule has 1 unspecified atom stereocenters. The van der Waals surface area contributed by atoms with Crippen molar-refractivity contribution < 1.29 is 9.72 Å². The second-order valence-electron chi connectivity index (χ2n) is 5.59. The number of nitro benzene ring substituents is 1. The van der Waals surface area contributed by atoms with E-state index in [1.165, 1.54) is 6.07 Å². The first-order valence-electron chi connectivity index (χ1n) is 7.30. The number of anilines is 1. The highest BCUT2D eigenvalue weighted by Gasteiger charge is 2.40. The van der Waals surface area contributed by atoms with Crippen LogP contribution in [0.5, 0.6) is 0 Å². The molecule has 1 aliphatic rings. The van der Waals surface area contributed by atoms with Gasteiger partial charge in [-0.1, -0.05) is 19.4 Å². The third kappa shape index (κ3) is 3.21. The highest BCUT2D eigenvalue weighted by atomic mass is 16.6. The van der Waals surface area contributed by atoms with Gasteiger partial charge in [0.1, 0.15) is 5.69 Å². The number of carbonyl (C=O) groups is 1. The molecule has 1 heterocycles. The van der Waals surface area contributed by atoms with E-state index in [2.05, 4.69) is 10.6 Å². The minimum Gasteiger partial charge on any atom is -0.319 e. The molecular formula is C15H21N3O3. The second-order valence-corrected chi connectivity index (χ2v) is 5.59. The van der Waals surface area contributed by atoms with Crippen LogP contribution in [0.3, 0.4) is 0 Å². The monoisotopic (exact) mass is 291 g/mol. The Labute approximate surface area is 124 Å². The molecule has 1 fully saturated rings. The lowest BCUT2D eigenvalue weighted by Crippen LogP contribution is -2.50. The van der Waals surface area contributed by atoms with Crippen LogP contribution in [0, 0.1) is 17.0 Å². The van der Waals surface area contributed by atoms with E-state index in [4.69, 9.17) is 0 Å². The highest BCUT2D eigenvalue weighted by Crippen LogP contribution is 2.30. The van der Waals surface area contributed by atoms with Crippen LogP contribution in [0.4, 0.5) is 11.4 Å². The first kappa shape index (κ1) is 15.4. The second kappa shape index (κ2) is 6.22. The van der Waals surface area contributed by atoms with Crippen molar-refractivity contribution in [2.75, 3.05) is 11.9 Å². The lowest BCUT2D eigenvalue weighted by atomic mass is 9.90. The van der Waals surface area contributed by atoms with Crippen LogP contribution in [0.2, 0.25) is 0 Å². The van der Waals surface area contributed by atoms with Gasteiger partial charge in [-0.2, -0.15) is 0 Å². The maximum Gasteiger partial charge on any atom is 0.292 e. The Hall–Kier alpha value is -1.95. The minimum atomic E-state index is -0.591. The van der Waals surface area contributed by atoms with Crippen molar-refractivity contribution in [1.82, 2.24) is 5.32 Å². The molecule has 0 bridgehead atoms. The van der Waals surface area contributed by atoms with Gasteiger partial charge in [-0.15, -0.1) is 0 Å². The zero-order chi connectivity index (χ0) is 15.5. The maximum absolute atomic E-state index is 12.6. The van der Waals surface area contributed by atoms with E-state index >= 15 is 0 Å². The van der Waals surface area contributed by atoms with Crippen molar-refractivity contribution in [2.45, 2.75) is 45.1 Å². The zero-order valence-corrected chi connectivity index (χ0v) is 12.4. The van der Waals surface area contributed by atoms with Crippen molar-refractivity contribution >= 4 is 17.3 Å². The summed E-state index contributed by atoms with van der Waals surface area (Å²) in [5.41, 5.74) is 0.486. The number of nitrogens with one attached hydrogen (secondary N) is 2. The molecule has 6 nitrogen and oxygen atoms in total. The molecule has 2 rings (SSSR count). The number of nitrogens with zero attached hydrogens (tertiary/aromatic N) is 1. The van der Waals surface area contributed by atoms with Crippen LogP contribution < -0.4 is 10.6 Å². The molecular weight excluding hydrogens is 270 g/mol. The highest BCUT2D eigenvalue weighted by molar-refractivity contribution is 6.00. The molecule has 1 aromatic carbocycles. The summed E-state index contributed by atoms with van der Waals surface area (Å²) in [6, 6.07) is 4.74. The Kier molecular flexibility index (Phi) is 4.57. The average Bonchev–Trinajstić information content (AvgIpc) is 2.88. The van der Waals surface area contributed by atoms with Gasteiger partial charge in [0.2, 0.25) is 5.91 Å². The molecule has 0 saturated carbocycles. The fourth-order valence-electron chi connectivity index (χ4n) is 2.90. The van der Waals surface area contributed by atoms with Gasteiger partial charge in [-0.3, -0.25) is 14.9 Å². The summed E-state index contributed by atoms with van der Waals surface area (Å²) < 4.78 is 0. The summed E-state index contributed by atoms with van der Waals surface area (Å²) in [4.78, 5) is 23.2. The van der Waals surface area contributed by atoms with Gasteiger partial charge in [-0.05, 0) is 44.4 Å². The zero-order valence-electron chi connectivity index (χ0n) is 12.4. The van der Waals surface area contributed by atoms with Gasteiger partial charge in [0.25, 0.3) is 5.69 Å². The largest absolute Gasteiger partial charge is 0.319 e. The van der Waals surface area contributed by atoms with E-state index in [0.717, 1.165) is 37.8 Å². The number of carbonyl (C=O) groups excluding carboxylic acids is 1. The van der Waals surface area contributed by atoms with Gasteiger partial charge in [0.05, 0.1) is 10.5 Å². The van der Waals surface area contributed by atoms with Gasteiger partial charge >= 0.3 is 0 Å². The summed E-state index contributed by atoms with van der Waals surface area (Å²) in [6.45, 7) is 4.68. The summed E-state index contributed by atoms with van der Waals surface area (Å²) in [5, 5.41) is 17.1. The van der Waals surface area contributed by atoms with Crippen LogP contribution in [0.1, 0.15) is 38.2 Å². The smallest absolute Gasteiger partial charge is 0.292 e. The summed E-state index contributed by atoms with van der Waals surface area (Å²) in [5.74, 6) is -0.171. The minimum absolute atomic E-state index is 0.0707. The van der Waals surface area contributed by atoms with Crippen molar-refractivity contribution in [3.05, 3.63) is 33.9 Å². The molecule has 0 radical (unpaired) electrons. The lowest BCUT2D eigenvalue weighted by molar-refractivity contribution is -0.383. The van der Waals surface area contributed by atoms with Crippen molar-refractivity contribution in [3.8, 4) is 0 Å². The Balaban J connectivity index is 2.26. The fourth-order valence-corrected chi connectivity index (χ4v) is 2.90. The first-order chi connectivity index (χ1) is 9.98. The number of rotatable bonds is 5. The van der Waals surface area contributed by atoms with E-state index in [9.17, 15) is 14.9 Å². The predicted molar refractivity (Wildman–Crippen MR) is 81.3 cm³/mol. The lowest BCUT2D eigenvalue weighted by Gasteiger charge is -2.27. The SMILES string of the molecule is CCCC1(C(=O)Nc2cc(C)ccc2[N+](=O)[O-])CCCN1. The molecule has 0 aromatic heterocycles. The van der Waals surface area contributed by atoms with Crippen LogP contribution in [0.15, 0.2) is 18.2 Å². The standard InChI is InChI=1S/C15H21N3O3/c1-3-7-15(8-4-9-16-15)14(19)17-12-10-11(2)5-6-13(12)18(20)21/h5-6,10,16H,3-4,7-9H2,1-2H3,(H,17,19). The first-order valence-corrected chi connectivity index (χ1v) is 7.30. The molecule has 114 valence electrons. The van der Waals surface area contributed by atoms with Crippen molar-refractivity contribution in [2.24, 2.45) is 0 Å². The molecule has 1 atom stereocenters. The number of benzene rings is 1. The van der Waals surface area contributed by atoms with Crippen molar-refractivity contribution in [1.29, 1.82) is 0 Å². The molecule has 2 N–H and O–H groups in total. The number of aryl methyl sites for hydroxylation is 1. The van der Waals surface area contributed by atoms with E-state index in [-0.39, 0.29) is 17.3 Å². The number of nitro groups is 1. The van der Waals surface area contributed by atoms with Gasteiger partial charge in [0.15, 0.2) is 0 Å². The van der Waals surface area contributed by atoms with Crippen LogP contribution in [-0.2, 0) is 4.79 Å². The fraction of sp³-hybridized carbons (Fsp3) is 0.533. The third-order valence-electron chi connectivity index (χ3n) is 3.95. The van der Waals surface area contributed by atoms with E-state index < -0.39 is 10.5 Å². The molecule has 1 aliphatic heterocycles. The van der Waals surface area contributed by atoms with Gasteiger partial charge in [-0.25, -0.2) is 0 Å². The Morgan fingerprint density at radius 1 is 1.52 bits per heavy atom. The normalized spacial score (nSPS) is 21.2. The molecule has 1 saturated heterocycles. The summed E-state index contributed by atoms with van der Waals surface area (Å²) in [7, 11) is 0. The van der Waals surface area contributed by atoms with Crippen LogP contribution >= 0.6 is 0 Å². The quantitative estimate of drug-likeness (QED) is 0.645. The van der Waals surface area contributed by atoms with Crippen LogP contribution in [0.25, 0.3) is 0 Å². The molecule has 6 heteroatoms. The van der Waals surface area contributed by atoms with Crippen LogP contribution in [-0.4, -0.2) is 22.9 Å². The summed E-state index contributed by atoms with van der Waals surface area (Å²) >= 11 is 0. The third-order valence-corrected chi connectivity index (χ3v) is 3.95. The predicted octanol–water partition coefficient (Wildman–Crippen LogP) is 2.76. The van der Waals surface area contributed by atoms with Gasteiger partial charge < -0.3 is 10.6 Å².